The fourth-order valence-electron chi connectivity index (χ4n) is 4.60. The van der Waals surface area contributed by atoms with Gasteiger partial charge >= 0.3 is 0 Å². The molecule has 0 unspecified atom stereocenters. The summed E-state index contributed by atoms with van der Waals surface area (Å²) in [6.45, 7) is 5.96. The molecule has 4 heterocycles. The molecule has 168 valence electrons. The second-order valence-corrected chi connectivity index (χ2v) is 8.29. The van der Waals surface area contributed by atoms with Crippen LogP contribution in [0.25, 0.3) is 5.65 Å². The molecule has 1 amide bonds. The van der Waals surface area contributed by atoms with Crippen LogP contribution in [0.1, 0.15) is 30.3 Å². The van der Waals surface area contributed by atoms with Gasteiger partial charge in [-0.25, -0.2) is 18.3 Å². The Morgan fingerprint density at radius 3 is 2.88 bits per heavy atom. The third kappa shape index (κ3) is 3.59. The van der Waals surface area contributed by atoms with Crippen LogP contribution in [-0.2, 0) is 0 Å². The first-order valence-corrected chi connectivity index (χ1v) is 10.6. The minimum atomic E-state index is -0.568. The maximum atomic E-state index is 14.8. The zero-order valence-electron chi connectivity index (χ0n) is 18.0. The van der Waals surface area contributed by atoms with Crippen molar-refractivity contribution in [2.75, 3.05) is 16.8 Å². The fourth-order valence-corrected chi connectivity index (χ4v) is 4.60. The van der Waals surface area contributed by atoms with E-state index in [4.69, 9.17) is 4.98 Å². The van der Waals surface area contributed by atoms with Crippen LogP contribution in [0.15, 0.2) is 78.8 Å². The van der Waals surface area contributed by atoms with Crippen LogP contribution in [0.2, 0.25) is 0 Å². The average molecular weight is 448 g/mol. The summed E-state index contributed by atoms with van der Waals surface area (Å²) in [5, 5.41) is 7.06. The Hall–Kier alpha value is -3.88. The molecule has 0 spiro atoms. The third-order valence-electron chi connectivity index (χ3n) is 6.30. The van der Waals surface area contributed by atoms with E-state index in [1.165, 1.54) is 13.1 Å². The number of carbonyl (C=O) groups is 1. The van der Waals surface area contributed by atoms with E-state index in [9.17, 15) is 13.6 Å². The molecule has 33 heavy (non-hydrogen) atoms. The van der Waals surface area contributed by atoms with Crippen LogP contribution in [0.5, 0.6) is 0 Å². The van der Waals surface area contributed by atoms with E-state index in [-0.39, 0.29) is 17.5 Å². The van der Waals surface area contributed by atoms with Gasteiger partial charge in [-0.1, -0.05) is 12.6 Å². The van der Waals surface area contributed by atoms with Gasteiger partial charge in [0.05, 0.1) is 17.6 Å². The molecule has 2 fully saturated rings. The number of hydrogen-bond donors (Lipinski definition) is 1. The number of carbonyl (C=O) groups excluding carboxylic acids is 1. The maximum Gasteiger partial charge on any atom is 0.274 e. The second-order valence-electron chi connectivity index (χ2n) is 8.29. The quantitative estimate of drug-likeness (QED) is 0.557. The van der Waals surface area contributed by atoms with E-state index in [0.29, 0.717) is 29.3 Å². The van der Waals surface area contributed by atoms with Gasteiger partial charge in [0.15, 0.2) is 5.65 Å². The van der Waals surface area contributed by atoms with Gasteiger partial charge in [0, 0.05) is 24.5 Å². The maximum absolute atomic E-state index is 14.8. The van der Waals surface area contributed by atoms with E-state index in [1.807, 2.05) is 6.07 Å². The standard InChI is InChI=1S/C24H22F2N6O/c1-15(25)6-7-18(26)16(2)24-13-17(24)8-11-31(24)21-9-12-32-22(30-21)20(14-28-32)29-23(33)19-5-3-4-10-27-19/h3-7,9-10,12,14,17H,2,8,11,13H2,1H3,(H,29,33)/b15-6+,18-7+/t17-,24-/m0/s1. The largest absolute Gasteiger partial charge is 0.346 e. The lowest BCUT2D eigenvalue weighted by Gasteiger charge is -2.30. The molecule has 0 bridgehead atoms. The number of anilines is 2. The van der Waals surface area contributed by atoms with E-state index >= 15 is 0 Å². The summed E-state index contributed by atoms with van der Waals surface area (Å²) in [7, 11) is 0. The average Bonchev–Trinajstić information content (AvgIpc) is 3.23. The Morgan fingerprint density at radius 1 is 1.30 bits per heavy atom. The molecule has 2 aliphatic rings. The van der Waals surface area contributed by atoms with Crippen LogP contribution >= 0.6 is 0 Å². The first-order valence-electron chi connectivity index (χ1n) is 10.6. The van der Waals surface area contributed by atoms with Gasteiger partial charge in [-0.3, -0.25) is 9.78 Å². The molecule has 2 atom stereocenters. The highest BCUT2D eigenvalue weighted by atomic mass is 19.1. The van der Waals surface area contributed by atoms with Crippen molar-refractivity contribution in [2.24, 2.45) is 5.92 Å². The van der Waals surface area contributed by atoms with Crippen molar-refractivity contribution in [1.29, 1.82) is 0 Å². The lowest BCUT2D eigenvalue weighted by Crippen LogP contribution is -2.37. The Kier molecular flexibility index (Phi) is 5.03. The highest BCUT2D eigenvalue weighted by molar-refractivity contribution is 6.04. The van der Waals surface area contributed by atoms with Crippen molar-refractivity contribution >= 4 is 23.1 Å². The molecular weight excluding hydrogens is 426 g/mol. The van der Waals surface area contributed by atoms with E-state index < -0.39 is 17.2 Å². The fraction of sp³-hybridized carbons (Fsp3) is 0.250. The summed E-state index contributed by atoms with van der Waals surface area (Å²) in [6.07, 6.45) is 8.70. The summed E-state index contributed by atoms with van der Waals surface area (Å²) in [5.74, 6) is -0.461. The van der Waals surface area contributed by atoms with Crippen LogP contribution in [0.3, 0.4) is 0 Å². The number of pyridine rings is 1. The van der Waals surface area contributed by atoms with Crippen molar-refractivity contribution in [1.82, 2.24) is 19.6 Å². The predicted octanol–water partition coefficient (Wildman–Crippen LogP) is 4.63. The summed E-state index contributed by atoms with van der Waals surface area (Å²) in [5.41, 5.74) is 0.960. The monoisotopic (exact) mass is 448 g/mol. The van der Waals surface area contributed by atoms with E-state index in [1.54, 1.807) is 35.1 Å². The molecule has 0 radical (unpaired) electrons. The Labute approximate surface area is 189 Å². The molecule has 3 aromatic rings. The molecule has 1 N–H and O–H groups in total. The third-order valence-corrected chi connectivity index (χ3v) is 6.30. The van der Waals surface area contributed by atoms with Gasteiger partial charge in [0.2, 0.25) is 0 Å². The predicted molar refractivity (Wildman–Crippen MR) is 121 cm³/mol. The number of rotatable bonds is 6. The number of nitrogens with one attached hydrogen (secondary N) is 1. The van der Waals surface area contributed by atoms with Crippen molar-refractivity contribution < 1.29 is 13.6 Å². The van der Waals surface area contributed by atoms with Gasteiger partial charge in [-0.15, -0.1) is 0 Å². The summed E-state index contributed by atoms with van der Waals surface area (Å²) >= 11 is 0. The highest BCUT2D eigenvalue weighted by Gasteiger charge is 2.64. The first kappa shape index (κ1) is 21.0. The van der Waals surface area contributed by atoms with Crippen LogP contribution in [0, 0.1) is 5.92 Å². The van der Waals surface area contributed by atoms with E-state index in [0.717, 1.165) is 25.0 Å². The second kappa shape index (κ2) is 7.91. The Morgan fingerprint density at radius 2 is 2.15 bits per heavy atom. The van der Waals surface area contributed by atoms with Crippen molar-refractivity contribution in [3.05, 3.63) is 84.5 Å². The highest BCUT2D eigenvalue weighted by Crippen LogP contribution is 2.61. The molecule has 5 rings (SSSR count). The van der Waals surface area contributed by atoms with Crippen LogP contribution in [-0.4, -0.2) is 37.6 Å². The molecule has 1 saturated carbocycles. The number of hydrogen-bond acceptors (Lipinski definition) is 5. The normalized spacial score (nSPS) is 22.4. The van der Waals surface area contributed by atoms with Gasteiger partial charge in [-0.2, -0.15) is 5.10 Å². The zero-order chi connectivity index (χ0) is 23.2. The topological polar surface area (TPSA) is 75.4 Å². The van der Waals surface area contributed by atoms with Gasteiger partial charge < -0.3 is 10.2 Å². The number of piperidine rings is 1. The number of amides is 1. The Bertz CT molecular complexity index is 1310. The number of allylic oxidation sites excluding steroid dienone is 3. The minimum Gasteiger partial charge on any atom is -0.346 e. The van der Waals surface area contributed by atoms with E-state index in [2.05, 4.69) is 26.9 Å². The summed E-state index contributed by atoms with van der Waals surface area (Å²) < 4.78 is 29.4. The summed E-state index contributed by atoms with van der Waals surface area (Å²) in [6, 6.07) is 6.90. The first-order chi connectivity index (χ1) is 15.9. The summed E-state index contributed by atoms with van der Waals surface area (Å²) in [4.78, 5) is 23.4. The van der Waals surface area contributed by atoms with Gasteiger partial charge in [0.1, 0.15) is 23.0 Å². The van der Waals surface area contributed by atoms with Crippen LogP contribution < -0.4 is 10.2 Å². The molecule has 9 heteroatoms. The number of halogens is 2. The lowest BCUT2D eigenvalue weighted by atomic mass is 10.0. The molecule has 1 aliphatic heterocycles. The number of nitrogens with zero attached hydrogens (tertiary/aromatic N) is 5. The molecule has 3 aromatic heterocycles. The molecule has 1 saturated heterocycles. The molecule has 1 aliphatic carbocycles. The van der Waals surface area contributed by atoms with Gasteiger partial charge in [-0.05, 0) is 56.0 Å². The van der Waals surface area contributed by atoms with Crippen molar-refractivity contribution in [2.45, 2.75) is 25.3 Å². The van der Waals surface area contributed by atoms with Gasteiger partial charge in [0.25, 0.3) is 5.91 Å². The number of aromatic nitrogens is 4. The molecular formula is C24H22F2N6O. The Balaban J connectivity index is 1.45. The van der Waals surface area contributed by atoms with Crippen LogP contribution in [0.4, 0.5) is 20.3 Å². The smallest absolute Gasteiger partial charge is 0.274 e. The lowest BCUT2D eigenvalue weighted by molar-refractivity contribution is 0.102. The number of fused-ring (bicyclic) bond motifs is 2. The molecule has 0 aromatic carbocycles. The minimum absolute atomic E-state index is 0.269. The molecule has 7 nitrogen and oxygen atoms in total. The van der Waals surface area contributed by atoms with Crippen molar-refractivity contribution in [3.8, 4) is 0 Å². The van der Waals surface area contributed by atoms with Crippen molar-refractivity contribution in [3.63, 3.8) is 0 Å². The zero-order valence-corrected chi connectivity index (χ0v) is 18.0. The SMILES string of the molecule is C=C(/C(F)=C\C=C(/C)F)[C@@]12C[C@@H]1CCN2c1ccn2ncc(NC(=O)c3ccccn3)c2n1.